The van der Waals surface area contributed by atoms with E-state index in [9.17, 15) is 0 Å². The van der Waals surface area contributed by atoms with Gasteiger partial charge in [0.15, 0.2) is 0 Å². The molecule has 0 saturated carbocycles. The highest BCUT2D eigenvalue weighted by molar-refractivity contribution is 6.30. The van der Waals surface area contributed by atoms with Crippen molar-refractivity contribution in [3.63, 3.8) is 0 Å². The lowest BCUT2D eigenvalue weighted by Crippen LogP contribution is -2.31. The number of halogens is 1. The molecule has 3 nitrogen and oxygen atoms in total. The van der Waals surface area contributed by atoms with Gasteiger partial charge in [-0.2, -0.15) is 0 Å². The maximum atomic E-state index is 6.14. The third kappa shape index (κ3) is 5.95. The molecule has 1 aromatic carbocycles. The van der Waals surface area contributed by atoms with Gasteiger partial charge in [0, 0.05) is 37.3 Å². The molecule has 1 aliphatic heterocycles. The first kappa shape index (κ1) is 16.8. The van der Waals surface area contributed by atoms with Crippen molar-refractivity contribution < 1.29 is 4.74 Å². The average molecular weight is 311 g/mol. The fourth-order valence-corrected chi connectivity index (χ4v) is 2.96. The molecule has 21 heavy (non-hydrogen) atoms. The minimum atomic E-state index is 0.382. The van der Waals surface area contributed by atoms with Crippen molar-refractivity contribution >= 4 is 11.6 Å². The Hall–Kier alpha value is -0.610. The van der Waals surface area contributed by atoms with Gasteiger partial charge in [0.25, 0.3) is 0 Å². The van der Waals surface area contributed by atoms with Crippen LogP contribution in [0.3, 0.4) is 0 Å². The van der Waals surface area contributed by atoms with Gasteiger partial charge in [0.2, 0.25) is 0 Å². The molecule has 0 bridgehead atoms. The first-order valence-corrected chi connectivity index (χ1v) is 8.46. The lowest BCUT2D eigenvalue weighted by atomic mass is 10.0. The molecule has 1 aromatic rings. The zero-order valence-electron chi connectivity index (χ0n) is 13.0. The topological polar surface area (TPSA) is 24.5 Å². The number of rotatable bonds is 7. The third-order valence-corrected chi connectivity index (χ3v) is 4.18. The number of nitrogens with one attached hydrogen (secondary N) is 1. The molecule has 4 heteroatoms. The maximum Gasteiger partial charge on any atom is 0.0593 e. The van der Waals surface area contributed by atoms with Crippen molar-refractivity contribution in [2.45, 2.75) is 32.2 Å². The van der Waals surface area contributed by atoms with Crippen molar-refractivity contribution in [3.05, 3.63) is 34.9 Å². The van der Waals surface area contributed by atoms with E-state index >= 15 is 0 Å². The van der Waals surface area contributed by atoms with Crippen LogP contribution in [0.25, 0.3) is 0 Å². The Kier molecular flexibility index (Phi) is 7.51. The molecule has 0 amide bonds. The first-order chi connectivity index (χ1) is 10.3. The van der Waals surface area contributed by atoms with E-state index in [4.69, 9.17) is 16.3 Å². The lowest BCUT2D eigenvalue weighted by Gasteiger charge is -2.24. The second-order valence-electron chi connectivity index (χ2n) is 5.66. The predicted molar refractivity (Wildman–Crippen MR) is 89.0 cm³/mol. The molecular formula is C17H27ClN2O. The highest BCUT2D eigenvalue weighted by Gasteiger charge is 2.14. The van der Waals surface area contributed by atoms with E-state index in [1.807, 2.05) is 12.1 Å². The summed E-state index contributed by atoms with van der Waals surface area (Å²) < 4.78 is 5.52. The summed E-state index contributed by atoms with van der Waals surface area (Å²) in [5, 5.41) is 4.47. The number of hydrogen-bond acceptors (Lipinski definition) is 3. The number of ether oxygens (including phenoxy) is 1. The smallest absolute Gasteiger partial charge is 0.0593 e. The molecule has 0 spiro atoms. The van der Waals surface area contributed by atoms with Crippen LogP contribution in [-0.4, -0.2) is 44.3 Å². The zero-order chi connectivity index (χ0) is 14.9. The van der Waals surface area contributed by atoms with E-state index in [1.54, 1.807) is 0 Å². The monoisotopic (exact) mass is 310 g/mol. The van der Waals surface area contributed by atoms with Gasteiger partial charge in [-0.15, -0.1) is 0 Å². The summed E-state index contributed by atoms with van der Waals surface area (Å²) in [5.41, 5.74) is 1.29. The summed E-state index contributed by atoms with van der Waals surface area (Å²) in [5.74, 6) is 0. The fourth-order valence-electron chi connectivity index (χ4n) is 2.76. The molecule has 1 unspecified atom stereocenters. The minimum absolute atomic E-state index is 0.382. The first-order valence-electron chi connectivity index (χ1n) is 8.08. The van der Waals surface area contributed by atoms with Gasteiger partial charge in [-0.05, 0) is 43.5 Å². The van der Waals surface area contributed by atoms with Gasteiger partial charge < -0.3 is 15.0 Å². The highest BCUT2D eigenvalue weighted by atomic mass is 35.5. The van der Waals surface area contributed by atoms with Crippen molar-refractivity contribution in [1.29, 1.82) is 0 Å². The van der Waals surface area contributed by atoms with Crippen LogP contribution in [0.4, 0.5) is 0 Å². The van der Waals surface area contributed by atoms with Crippen LogP contribution >= 0.6 is 11.6 Å². The van der Waals surface area contributed by atoms with Gasteiger partial charge in [0.05, 0.1) is 6.61 Å². The van der Waals surface area contributed by atoms with Crippen molar-refractivity contribution in [1.82, 2.24) is 10.2 Å². The maximum absolute atomic E-state index is 6.14. The Balaban J connectivity index is 1.92. The van der Waals surface area contributed by atoms with Crippen LogP contribution in [0, 0.1) is 0 Å². The van der Waals surface area contributed by atoms with Crippen LogP contribution in [0.1, 0.15) is 37.8 Å². The van der Waals surface area contributed by atoms with Crippen LogP contribution in [0.15, 0.2) is 24.3 Å². The molecular weight excluding hydrogens is 284 g/mol. The lowest BCUT2D eigenvalue weighted by molar-refractivity contribution is 0.140. The van der Waals surface area contributed by atoms with E-state index in [1.165, 1.54) is 5.56 Å². The fraction of sp³-hybridized carbons (Fsp3) is 0.647. The molecule has 0 radical (unpaired) electrons. The molecule has 1 N–H and O–H groups in total. The molecule has 1 heterocycles. The van der Waals surface area contributed by atoms with E-state index in [-0.39, 0.29) is 0 Å². The van der Waals surface area contributed by atoms with E-state index in [2.05, 4.69) is 29.3 Å². The second kappa shape index (κ2) is 9.42. The van der Waals surface area contributed by atoms with E-state index in [0.29, 0.717) is 6.04 Å². The van der Waals surface area contributed by atoms with E-state index in [0.717, 1.165) is 63.7 Å². The number of benzene rings is 1. The van der Waals surface area contributed by atoms with Gasteiger partial charge in [-0.25, -0.2) is 0 Å². The Bertz CT molecular complexity index is 406. The van der Waals surface area contributed by atoms with Gasteiger partial charge in [-0.1, -0.05) is 30.7 Å². The Morgan fingerprint density at radius 3 is 3.05 bits per heavy atom. The van der Waals surface area contributed by atoms with Crippen molar-refractivity contribution in [2.75, 3.05) is 39.4 Å². The molecule has 0 aliphatic carbocycles. The van der Waals surface area contributed by atoms with Crippen molar-refractivity contribution in [2.24, 2.45) is 0 Å². The van der Waals surface area contributed by atoms with Crippen LogP contribution in [0.2, 0.25) is 5.02 Å². The molecule has 1 saturated heterocycles. The Morgan fingerprint density at radius 2 is 2.24 bits per heavy atom. The summed E-state index contributed by atoms with van der Waals surface area (Å²) in [6, 6.07) is 8.62. The van der Waals surface area contributed by atoms with Gasteiger partial charge in [-0.3, -0.25) is 0 Å². The third-order valence-electron chi connectivity index (χ3n) is 3.94. The van der Waals surface area contributed by atoms with E-state index < -0.39 is 0 Å². The van der Waals surface area contributed by atoms with Crippen LogP contribution in [-0.2, 0) is 4.74 Å². The van der Waals surface area contributed by atoms with Gasteiger partial charge >= 0.3 is 0 Å². The number of nitrogens with zero attached hydrogens (tertiary/aromatic N) is 1. The standard InChI is InChI=1S/C17H27ClN2O/c1-2-8-19-17(15-5-3-6-16(18)14-15)7-10-20-9-4-12-21-13-11-20/h3,5-6,14,17,19H,2,4,7-13H2,1H3. The van der Waals surface area contributed by atoms with Crippen LogP contribution < -0.4 is 5.32 Å². The largest absolute Gasteiger partial charge is 0.380 e. The molecule has 118 valence electrons. The average Bonchev–Trinajstić information content (AvgIpc) is 2.76. The molecule has 1 aliphatic rings. The molecule has 1 fully saturated rings. The normalized spacial score (nSPS) is 18.4. The second-order valence-corrected chi connectivity index (χ2v) is 6.09. The SMILES string of the molecule is CCCNC(CCN1CCCOCC1)c1cccc(Cl)c1. The quantitative estimate of drug-likeness (QED) is 0.834. The summed E-state index contributed by atoms with van der Waals surface area (Å²) >= 11 is 6.14. The summed E-state index contributed by atoms with van der Waals surface area (Å²) in [4.78, 5) is 2.51. The predicted octanol–water partition coefficient (Wildman–Crippen LogP) is 3.49. The molecule has 2 rings (SSSR count). The summed E-state index contributed by atoms with van der Waals surface area (Å²) in [6.07, 6.45) is 3.40. The zero-order valence-corrected chi connectivity index (χ0v) is 13.7. The summed E-state index contributed by atoms with van der Waals surface area (Å²) in [7, 11) is 0. The molecule has 0 aromatic heterocycles. The Labute approximate surface area is 133 Å². The minimum Gasteiger partial charge on any atom is -0.380 e. The summed E-state index contributed by atoms with van der Waals surface area (Å²) in [6.45, 7) is 8.32. The van der Waals surface area contributed by atoms with Crippen LogP contribution in [0.5, 0.6) is 0 Å². The number of hydrogen-bond donors (Lipinski definition) is 1. The van der Waals surface area contributed by atoms with Crippen molar-refractivity contribution in [3.8, 4) is 0 Å². The highest BCUT2D eigenvalue weighted by Crippen LogP contribution is 2.21. The Morgan fingerprint density at radius 1 is 1.33 bits per heavy atom. The van der Waals surface area contributed by atoms with Gasteiger partial charge in [0.1, 0.15) is 0 Å². The molecule has 1 atom stereocenters.